The van der Waals surface area contributed by atoms with Gasteiger partial charge in [-0.1, -0.05) is 0 Å². The summed E-state index contributed by atoms with van der Waals surface area (Å²) in [5, 5.41) is 2.60. The molecule has 0 aliphatic heterocycles. The monoisotopic (exact) mass is 419 g/mol. The Bertz CT molecular complexity index is 986. The van der Waals surface area contributed by atoms with E-state index in [0.717, 1.165) is 29.7 Å². The van der Waals surface area contributed by atoms with Crippen LogP contribution >= 0.6 is 0 Å². The first-order chi connectivity index (χ1) is 13.4. The first kappa shape index (κ1) is 20.9. The van der Waals surface area contributed by atoms with E-state index in [4.69, 9.17) is 0 Å². The molecule has 1 heterocycles. The van der Waals surface area contributed by atoms with Gasteiger partial charge in [-0.25, -0.2) is 22.5 Å². The molecule has 1 aliphatic carbocycles. The minimum atomic E-state index is -4.67. The van der Waals surface area contributed by atoms with E-state index in [-0.39, 0.29) is 17.2 Å². The molecule has 156 valence electrons. The van der Waals surface area contributed by atoms with Crippen molar-refractivity contribution in [1.82, 2.24) is 9.55 Å². The lowest BCUT2D eigenvalue weighted by atomic mass is 9.87. The lowest BCUT2D eigenvalue weighted by Crippen LogP contribution is -2.37. The summed E-state index contributed by atoms with van der Waals surface area (Å²) >= 11 is 0. The molecule has 1 aromatic heterocycles. The van der Waals surface area contributed by atoms with Crippen molar-refractivity contribution in [3.05, 3.63) is 65.3 Å². The van der Waals surface area contributed by atoms with Gasteiger partial charge in [0, 0.05) is 24.0 Å². The molecule has 0 saturated carbocycles. The smallest absolute Gasteiger partial charge is 0.381 e. The molecule has 3 nitrogen and oxygen atoms in total. The van der Waals surface area contributed by atoms with Crippen LogP contribution in [0.15, 0.2) is 47.9 Å². The van der Waals surface area contributed by atoms with Gasteiger partial charge in [0.2, 0.25) is 0 Å². The van der Waals surface area contributed by atoms with E-state index in [1.807, 2.05) is 0 Å². The standard InChI is InChI=1S/C19H16F7N3/c1-10-28-17(19(24,25)26)9-29(10)15-5-3-11(7-14(15)21)27-8-12-13(20)4-6-16(22)18(12,2)23/h3-7,9,16,27H,8H2,1-2H3. The van der Waals surface area contributed by atoms with E-state index in [0.29, 0.717) is 6.20 Å². The molecule has 0 spiro atoms. The number of rotatable bonds is 4. The van der Waals surface area contributed by atoms with Gasteiger partial charge >= 0.3 is 6.18 Å². The van der Waals surface area contributed by atoms with E-state index in [1.54, 1.807) is 0 Å². The highest BCUT2D eigenvalue weighted by Gasteiger charge is 2.41. The van der Waals surface area contributed by atoms with E-state index in [9.17, 15) is 30.7 Å². The predicted molar refractivity (Wildman–Crippen MR) is 93.4 cm³/mol. The van der Waals surface area contributed by atoms with Gasteiger partial charge in [0.25, 0.3) is 0 Å². The van der Waals surface area contributed by atoms with Gasteiger partial charge in [-0.3, -0.25) is 0 Å². The van der Waals surface area contributed by atoms with Crippen molar-refractivity contribution in [3.8, 4) is 5.69 Å². The highest BCUT2D eigenvalue weighted by atomic mass is 19.4. The van der Waals surface area contributed by atoms with Crippen LogP contribution < -0.4 is 5.32 Å². The molecule has 29 heavy (non-hydrogen) atoms. The number of nitrogens with zero attached hydrogens (tertiary/aromatic N) is 2. The Morgan fingerprint density at radius 3 is 2.52 bits per heavy atom. The third kappa shape index (κ3) is 4.01. The molecule has 0 radical (unpaired) electrons. The van der Waals surface area contributed by atoms with Crippen molar-refractivity contribution in [1.29, 1.82) is 0 Å². The second-order valence-electron chi connectivity index (χ2n) is 6.72. The molecule has 0 fully saturated rings. The molecule has 0 saturated heterocycles. The molecular weight excluding hydrogens is 403 g/mol. The van der Waals surface area contributed by atoms with Gasteiger partial charge in [-0.15, -0.1) is 0 Å². The van der Waals surface area contributed by atoms with E-state index in [2.05, 4.69) is 10.3 Å². The summed E-state index contributed by atoms with van der Waals surface area (Å²) in [7, 11) is 0. The van der Waals surface area contributed by atoms with Crippen LogP contribution in [0.1, 0.15) is 18.4 Å². The van der Waals surface area contributed by atoms with E-state index in [1.165, 1.54) is 19.1 Å². The van der Waals surface area contributed by atoms with Gasteiger partial charge in [0.1, 0.15) is 17.5 Å². The number of hydrogen-bond acceptors (Lipinski definition) is 2. The molecule has 1 N–H and O–H groups in total. The highest BCUT2D eigenvalue weighted by Crippen LogP contribution is 2.36. The zero-order valence-electron chi connectivity index (χ0n) is 15.3. The molecule has 10 heteroatoms. The van der Waals surface area contributed by atoms with Gasteiger partial charge < -0.3 is 9.88 Å². The third-order valence-corrected chi connectivity index (χ3v) is 4.66. The van der Waals surface area contributed by atoms with Crippen LogP contribution in [0.25, 0.3) is 5.69 Å². The fourth-order valence-electron chi connectivity index (χ4n) is 2.96. The number of alkyl halides is 5. The summed E-state index contributed by atoms with van der Waals surface area (Å²) in [5.41, 5.74) is -4.25. The Kier molecular flexibility index (Phi) is 5.22. The van der Waals surface area contributed by atoms with Gasteiger partial charge in [0.05, 0.1) is 5.69 Å². The predicted octanol–water partition coefficient (Wildman–Crippen LogP) is 5.61. The van der Waals surface area contributed by atoms with Crippen LogP contribution in [0.4, 0.5) is 36.4 Å². The summed E-state index contributed by atoms with van der Waals surface area (Å²) in [5.74, 6) is -1.88. The molecule has 0 bridgehead atoms. The van der Waals surface area contributed by atoms with Gasteiger partial charge in [-0.05, 0) is 44.2 Å². The summed E-state index contributed by atoms with van der Waals surface area (Å²) in [6.07, 6.45) is -4.42. The molecule has 0 amide bonds. The minimum absolute atomic E-state index is 0.0691. The Labute approximate surface area is 161 Å². The number of anilines is 1. The largest absolute Gasteiger partial charge is 0.434 e. The number of hydrogen-bond donors (Lipinski definition) is 1. The van der Waals surface area contributed by atoms with Crippen LogP contribution in [0, 0.1) is 12.7 Å². The molecule has 3 rings (SSSR count). The zero-order valence-corrected chi connectivity index (χ0v) is 15.3. The lowest BCUT2D eigenvalue weighted by molar-refractivity contribution is -0.141. The van der Waals surface area contributed by atoms with Crippen molar-refractivity contribution < 1.29 is 30.7 Å². The second-order valence-corrected chi connectivity index (χ2v) is 6.72. The Hall–Kier alpha value is -2.78. The van der Waals surface area contributed by atoms with Crippen LogP contribution in [-0.2, 0) is 6.18 Å². The van der Waals surface area contributed by atoms with Crippen LogP contribution in [0.2, 0.25) is 0 Å². The highest BCUT2D eigenvalue weighted by molar-refractivity contribution is 5.52. The van der Waals surface area contributed by atoms with Crippen LogP contribution in [-0.4, -0.2) is 27.9 Å². The van der Waals surface area contributed by atoms with Crippen molar-refractivity contribution >= 4 is 5.69 Å². The number of allylic oxidation sites excluding steroid dienone is 3. The molecule has 1 aromatic carbocycles. The first-order valence-corrected chi connectivity index (χ1v) is 8.48. The van der Waals surface area contributed by atoms with E-state index >= 15 is 0 Å². The number of aryl methyl sites for hydroxylation is 1. The Morgan fingerprint density at radius 2 is 1.93 bits per heavy atom. The SMILES string of the molecule is Cc1nc(C(F)(F)F)cn1-c1ccc(NCC2=C(F)C=CC(F)C2(C)F)cc1F. The number of imidazole rings is 1. The fraction of sp³-hybridized carbons (Fsp3) is 0.316. The third-order valence-electron chi connectivity index (χ3n) is 4.66. The lowest BCUT2D eigenvalue weighted by Gasteiger charge is -2.29. The number of halogens is 7. The normalized spacial score (nSPS) is 22.3. The number of nitrogens with one attached hydrogen (secondary N) is 1. The Morgan fingerprint density at radius 1 is 1.24 bits per heavy atom. The van der Waals surface area contributed by atoms with Crippen LogP contribution in [0.3, 0.4) is 0 Å². The molecule has 2 unspecified atom stereocenters. The average Bonchev–Trinajstić information content (AvgIpc) is 3.00. The maximum absolute atomic E-state index is 14.5. The topological polar surface area (TPSA) is 29.9 Å². The number of aromatic nitrogens is 2. The van der Waals surface area contributed by atoms with Gasteiger partial charge in [0.15, 0.2) is 17.5 Å². The fourth-order valence-corrected chi connectivity index (χ4v) is 2.96. The summed E-state index contributed by atoms with van der Waals surface area (Å²) in [4.78, 5) is 3.37. The van der Waals surface area contributed by atoms with Crippen molar-refractivity contribution in [2.24, 2.45) is 0 Å². The minimum Gasteiger partial charge on any atom is -0.381 e. The molecular formula is C19H16F7N3. The van der Waals surface area contributed by atoms with Crippen LogP contribution in [0.5, 0.6) is 0 Å². The van der Waals surface area contributed by atoms with E-state index < -0.39 is 47.5 Å². The molecule has 2 atom stereocenters. The summed E-state index contributed by atoms with van der Waals surface area (Å²) in [6, 6.07) is 3.48. The maximum Gasteiger partial charge on any atom is 0.434 e. The van der Waals surface area contributed by atoms with Crippen molar-refractivity contribution in [3.63, 3.8) is 0 Å². The van der Waals surface area contributed by atoms with Gasteiger partial charge in [-0.2, -0.15) is 13.2 Å². The average molecular weight is 419 g/mol. The first-order valence-electron chi connectivity index (χ1n) is 8.48. The summed E-state index contributed by atoms with van der Waals surface area (Å²) < 4.78 is 95.8. The Balaban J connectivity index is 1.82. The molecule has 2 aromatic rings. The van der Waals surface area contributed by atoms with Crippen molar-refractivity contribution in [2.45, 2.75) is 31.9 Å². The quantitative estimate of drug-likeness (QED) is 0.653. The second kappa shape index (κ2) is 7.23. The zero-order chi connectivity index (χ0) is 21.6. The maximum atomic E-state index is 14.5. The number of benzene rings is 1. The summed E-state index contributed by atoms with van der Waals surface area (Å²) in [6.45, 7) is 1.77. The van der Waals surface area contributed by atoms with Crippen molar-refractivity contribution in [2.75, 3.05) is 11.9 Å². The molecule has 1 aliphatic rings.